The predicted molar refractivity (Wildman–Crippen MR) is 95.0 cm³/mol. The van der Waals surface area contributed by atoms with E-state index in [1.165, 1.54) is 0 Å². The van der Waals surface area contributed by atoms with Gasteiger partial charge in [0.2, 0.25) is 5.91 Å². The van der Waals surface area contributed by atoms with Gasteiger partial charge >= 0.3 is 0 Å². The van der Waals surface area contributed by atoms with Crippen molar-refractivity contribution in [1.29, 1.82) is 0 Å². The highest BCUT2D eigenvalue weighted by Gasteiger charge is 2.21. The molecular formula is C20H27NO3. The largest absolute Gasteiger partial charge is 0.491 e. The van der Waals surface area contributed by atoms with E-state index in [9.17, 15) is 4.79 Å². The van der Waals surface area contributed by atoms with E-state index in [2.05, 4.69) is 19.2 Å². The lowest BCUT2D eigenvalue weighted by Gasteiger charge is -2.18. The van der Waals surface area contributed by atoms with Crippen molar-refractivity contribution in [1.82, 2.24) is 5.32 Å². The molecule has 4 nitrogen and oxygen atoms in total. The Morgan fingerprint density at radius 2 is 1.83 bits per heavy atom. The van der Waals surface area contributed by atoms with Crippen molar-refractivity contribution in [2.24, 2.45) is 5.92 Å². The average molecular weight is 329 g/mol. The van der Waals surface area contributed by atoms with Crippen molar-refractivity contribution in [3.05, 3.63) is 54.0 Å². The quantitative estimate of drug-likeness (QED) is 0.775. The van der Waals surface area contributed by atoms with Crippen LogP contribution in [0.15, 0.2) is 47.1 Å². The van der Waals surface area contributed by atoms with E-state index in [-0.39, 0.29) is 17.9 Å². The number of carbonyl (C=O) groups excluding carboxylic acids is 1. The molecule has 0 saturated heterocycles. The zero-order chi connectivity index (χ0) is 17.5. The fraction of sp³-hybridized carbons (Fsp3) is 0.450. The van der Waals surface area contributed by atoms with Crippen LogP contribution in [0.5, 0.6) is 5.75 Å². The molecule has 0 saturated carbocycles. The third-order valence-electron chi connectivity index (χ3n) is 3.90. The van der Waals surface area contributed by atoms with Crippen LogP contribution in [0.2, 0.25) is 0 Å². The fourth-order valence-corrected chi connectivity index (χ4v) is 2.60. The Morgan fingerprint density at radius 3 is 2.38 bits per heavy atom. The number of ether oxygens (including phenoxy) is 1. The van der Waals surface area contributed by atoms with Crippen molar-refractivity contribution < 1.29 is 13.9 Å². The van der Waals surface area contributed by atoms with Gasteiger partial charge in [-0.3, -0.25) is 4.79 Å². The zero-order valence-corrected chi connectivity index (χ0v) is 14.9. The highest BCUT2D eigenvalue weighted by molar-refractivity contribution is 5.76. The van der Waals surface area contributed by atoms with E-state index in [1.807, 2.05) is 50.2 Å². The Labute approximate surface area is 144 Å². The first-order valence-electron chi connectivity index (χ1n) is 8.51. The van der Waals surface area contributed by atoms with E-state index < -0.39 is 0 Å². The van der Waals surface area contributed by atoms with E-state index >= 15 is 0 Å². The Hall–Kier alpha value is -2.23. The molecule has 0 aliphatic rings. The highest BCUT2D eigenvalue weighted by Crippen LogP contribution is 2.28. The number of hydrogen-bond acceptors (Lipinski definition) is 3. The Morgan fingerprint density at radius 1 is 1.12 bits per heavy atom. The third kappa shape index (κ3) is 5.44. The van der Waals surface area contributed by atoms with Gasteiger partial charge < -0.3 is 14.5 Å². The minimum atomic E-state index is 0.0348. The van der Waals surface area contributed by atoms with Crippen LogP contribution in [0.25, 0.3) is 0 Å². The van der Waals surface area contributed by atoms with Crippen molar-refractivity contribution in [3.8, 4) is 5.75 Å². The molecule has 0 spiro atoms. The van der Waals surface area contributed by atoms with Gasteiger partial charge in [0.1, 0.15) is 11.5 Å². The summed E-state index contributed by atoms with van der Waals surface area (Å²) in [5.74, 6) is 2.19. The van der Waals surface area contributed by atoms with Gasteiger partial charge in [0, 0.05) is 18.9 Å². The molecule has 4 heteroatoms. The zero-order valence-electron chi connectivity index (χ0n) is 14.9. The molecule has 0 aliphatic carbocycles. The van der Waals surface area contributed by atoms with Crippen LogP contribution in [-0.2, 0) is 11.3 Å². The molecule has 0 aliphatic heterocycles. The number of amides is 1. The second-order valence-corrected chi connectivity index (χ2v) is 6.66. The van der Waals surface area contributed by atoms with Crippen LogP contribution in [0.1, 0.15) is 51.4 Å². The smallest absolute Gasteiger partial charge is 0.221 e. The van der Waals surface area contributed by atoms with Gasteiger partial charge in [0.15, 0.2) is 0 Å². The van der Waals surface area contributed by atoms with E-state index in [1.54, 1.807) is 6.26 Å². The molecule has 1 N–H and O–H groups in total. The molecule has 24 heavy (non-hydrogen) atoms. The van der Waals surface area contributed by atoms with Crippen LogP contribution in [0, 0.1) is 5.92 Å². The lowest BCUT2D eigenvalue weighted by molar-refractivity contribution is -0.122. The third-order valence-corrected chi connectivity index (χ3v) is 3.90. The maximum absolute atomic E-state index is 12.3. The second-order valence-electron chi connectivity index (χ2n) is 6.66. The van der Waals surface area contributed by atoms with Crippen LogP contribution in [0.4, 0.5) is 0 Å². The number of carbonyl (C=O) groups is 1. The molecule has 130 valence electrons. The fourth-order valence-electron chi connectivity index (χ4n) is 2.60. The lowest BCUT2D eigenvalue weighted by Crippen LogP contribution is -2.25. The average Bonchev–Trinajstić information content (AvgIpc) is 3.05. The SMILES string of the molecule is CC(C)Oc1ccc(CNC(=O)C[C@@H](c2ccco2)C(C)C)cc1. The van der Waals surface area contributed by atoms with Gasteiger partial charge in [0.25, 0.3) is 0 Å². The standard InChI is InChI=1S/C20H27NO3/c1-14(2)18(19-6-5-11-23-19)12-20(22)21-13-16-7-9-17(10-8-16)24-15(3)4/h5-11,14-15,18H,12-13H2,1-4H3,(H,21,22)/t18-/m1/s1. The summed E-state index contributed by atoms with van der Waals surface area (Å²) in [4.78, 5) is 12.3. The number of rotatable bonds is 8. The van der Waals surface area contributed by atoms with E-state index in [4.69, 9.17) is 9.15 Å². The first kappa shape index (κ1) is 18.1. The molecule has 2 rings (SSSR count). The van der Waals surface area contributed by atoms with Crippen molar-refractivity contribution in [3.63, 3.8) is 0 Å². The van der Waals surface area contributed by atoms with Crippen LogP contribution < -0.4 is 10.1 Å². The van der Waals surface area contributed by atoms with Crippen molar-refractivity contribution in [2.45, 2.75) is 52.7 Å². The Bertz CT molecular complexity index is 615. The molecule has 0 bridgehead atoms. The Balaban J connectivity index is 1.86. The van der Waals surface area contributed by atoms with Crippen molar-refractivity contribution in [2.75, 3.05) is 0 Å². The van der Waals surface area contributed by atoms with Gasteiger partial charge in [-0.1, -0.05) is 26.0 Å². The predicted octanol–water partition coefficient (Wildman–Crippen LogP) is 4.51. The molecule has 0 radical (unpaired) electrons. The van der Waals surface area contributed by atoms with Gasteiger partial charge in [-0.2, -0.15) is 0 Å². The molecule has 1 aromatic heterocycles. The normalized spacial score (nSPS) is 12.4. The summed E-state index contributed by atoms with van der Waals surface area (Å²) in [5.41, 5.74) is 1.05. The van der Waals surface area contributed by atoms with Gasteiger partial charge in [-0.05, 0) is 49.6 Å². The number of hydrogen-bond donors (Lipinski definition) is 1. The minimum Gasteiger partial charge on any atom is -0.491 e. The van der Waals surface area contributed by atoms with Crippen LogP contribution in [-0.4, -0.2) is 12.0 Å². The lowest BCUT2D eigenvalue weighted by atomic mass is 9.90. The monoisotopic (exact) mass is 329 g/mol. The molecule has 1 heterocycles. The minimum absolute atomic E-state index is 0.0348. The molecule has 1 aromatic carbocycles. The summed E-state index contributed by atoms with van der Waals surface area (Å²) >= 11 is 0. The summed E-state index contributed by atoms with van der Waals surface area (Å²) in [7, 11) is 0. The molecule has 1 atom stereocenters. The summed E-state index contributed by atoms with van der Waals surface area (Å²) in [6, 6.07) is 11.6. The maximum atomic E-state index is 12.3. The molecule has 2 aromatic rings. The summed E-state index contributed by atoms with van der Waals surface area (Å²) < 4.78 is 11.1. The molecule has 1 amide bonds. The van der Waals surface area contributed by atoms with E-state index in [0.717, 1.165) is 17.1 Å². The van der Waals surface area contributed by atoms with Gasteiger partial charge in [-0.15, -0.1) is 0 Å². The van der Waals surface area contributed by atoms with Gasteiger partial charge in [0.05, 0.1) is 12.4 Å². The first-order chi connectivity index (χ1) is 11.5. The van der Waals surface area contributed by atoms with Crippen LogP contribution in [0.3, 0.4) is 0 Å². The summed E-state index contributed by atoms with van der Waals surface area (Å²) in [6.45, 7) is 8.72. The number of furan rings is 1. The topological polar surface area (TPSA) is 51.5 Å². The van der Waals surface area contributed by atoms with Gasteiger partial charge in [-0.25, -0.2) is 0 Å². The maximum Gasteiger partial charge on any atom is 0.221 e. The molecular weight excluding hydrogens is 302 g/mol. The summed E-state index contributed by atoms with van der Waals surface area (Å²) in [5, 5.41) is 2.99. The molecule has 0 fully saturated rings. The van der Waals surface area contributed by atoms with E-state index in [0.29, 0.717) is 18.9 Å². The summed E-state index contributed by atoms with van der Waals surface area (Å²) in [6.07, 6.45) is 2.24. The highest BCUT2D eigenvalue weighted by atomic mass is 16.5. The number of benzene rings is 1. The number of nitrogens with one attached hydrogen (secondary N) is 1. The van der Waals surface area contributed by atoms with Crippen LogP contribution >= 0.6 is 0 Å². The molecule has 0 unspecified atom stereocenters. The van der Waals surface area contributed by atoms with Crippen molar-refractivity contribution >= 4 is 5.91 Å². The Kier molecular flexibility index (Phi) is 6.47. The second kappa shape index (κ2) is 8.57. The first-order valence-corrected chi connectivity index (χ1v) is 8.51.